The first-order valence-corrected chi connectivity index (χ1v) is 8.87. The van der Waals surface area contributed by atoms with E-state index in [1.807, 2.05) is 12.4 Å². The summed E-state index contributed by atoms with van der Waals surface area (Å²) in [6.07, 6.45) is 6.33. The van der Waals surface area contributed by atoms with E-state index in [0.29, 0.717) is 6.04 Å². The molecule has 0 aliphatic carbocycles. The normalized spacial score (nSPS) is 17.6. The second kappa shape index (κ2) is 5.67. The molecule has 1 fully saturated rings. The number of aromatic amines is 1. The van der Waals surface area contributed by atoms with Crippen molar-refractivity contribution in [1.82, 2.24) is 20.3 Å². The lowest BCUT2D eigenvalue weighted by atomic mass is 9.98. The van der Waals surface area contributed by atoms with Crippen molar-refractivity contribution in [3.8, 4) is 11.3 Å². The number of aryl methyl sites for hydroxylation is 1. The van der Waals surface area contributed by atoms with Crippen molar-refractivity contribution in [3.05, 3.63) is 59.9 Å². The summed E-state index contributed by atoms with van der Waals surface area (Å²) in [6, 6.07) is 13.3. The molecule has 4 aromatic rings. The molecule has 0 spiro atoms. The molecule has 0 unspecified atom stereocenters. The van der Waals surface area contributed by atoms with Crippen LogP contribution in [0.2, 0.25) is 0 Å². The lowest BCUT2D eigenvalue weighted by Gasteiger charge is -2.15. The lowest BCUT2D eigenvalue weighted by molar-refractivity contribution is 0.652. The molecular formula is C21H20N4. The van der Waals surface area contributed by atoms with Gasteiger partial charge >= 0.3 is 0 Å². The topological polar surface area (TPSA) is 53.6 Å². The fourth-order valence-electron chi connectivity index (χ4n) is 3.86. The van der Waals surface area contributed by atoms with Gasteiger partial charge in [-0.2, -0.15) is 0 Å². The third-order valence-electron chi connectivity index (χ3n) is 5.22. The van der Waals surface area contributed by atoms with Crippen LogP contribution in [0.15, 0.2) is 48.8 Å². The minimum absolute atomic E-state index is 0.414. The zero-order valence-electron chi connectivity index (χ0n) is 14.2. The summed E-state index contributed by atoms with van der Waals surface area (Å²) in [5, 5.41) is 6.04. The average molecular weight is 328 g/mol. The Bertz CT molecular complexity index is 1070. The summed E-state index contributed by atoms with van der Waals surface area (Å²) in [6.45, 7) is 3.19. The van der Waals surface area contributed by atoms with Crippen LogP contribution in [0.4, 0.5) is 0 Å². The van der Waals surface area contributed by atoms with E-state index >= 15 is 0 Å². The molecule has 0 radical (unpaired) electrons. The molecule has 1 aromatic carbocycles. The number of hydrogen-bond acceptors (Lipinski definition) is 3. The van der Waals surface area contributed by atoms with Gasteiger partial charge in [0.2, 0.25) is 0 Å². The second-order valence-corrected chi connectivity index (χ2v) is 6.85. The standard InChI is InChI=1S/C21H20N4/c1-13-11-23-21-16(13)9-14(12-24-21)20-10-17(18-7-4-8-22-18)15-5-2-3-6-19(15)25-20/h2-3,5-6,9-12,18,22H,4,7-8H2,1H3,(H,23,24)/t18-/m0/s1. The van der Waals surface area contributed by atoms with Crippen LogP contribution in [0.25, 0.3) is 33.2 Å². The summed E-state index contributed by atoms with van der Waals surface area (Å²) in [4.78, 5) is 12.7. The molecule has 25 heavy (non-hydrogen) atoms. The maximum atomic E-state index is 4.92. The van der Waals surface area contributed by atoms with Gasteiger partial charge in [-0.15, -0.1) is 0 Å². The van der Waals surface area contributed by atoms with Crippen molar-refractivity contribution in [1.29, 1.82) is 0 Å². The highest BCUT2D eigenvalue weighted by Gasteiger charge is 2.20. The molecule has 1 atom stereocenters. The quantitative estimate of drug-likeness (QED) is 0.569. The van der Waals surface area contributed by atoms with Gasteiger partial charge in [0, 0.05) is 34.8 Å². The number of H-pyrrole nitrogens is 1. The monoisotopic (exact) mass is 328 g/mol. The van der Waals surface area contributed by atoms with E-state index in [1.165, 1.54) is 29.4 Å². The Labute approximate surface area is 146 Å². The van der Waals surface area contributed by atoms with Gasteiger partial charge in [0.1, 0.15) is 5.65 Å². The molecule has 2 N–H and O–H groups in total. The van der Waals surface area contributed by atoms with Crippen molar-refractivity contribution in [2.45, 2.75) is 25.8 Å². The van der Waals surface area contributed by atoms with Crippen LogP contribution in [0.3, 0.4) is 0 Å². The SMILES string of the molecule is Cc1c[nH]c2ncc(-c3cc([C@@H]4CCCN4)c4ccccc4n3)cc12. The van der Waals surface area contributed by atoms with Gasteiger partial charge in [-0.3, -0.25) is 0 Å². The summed E-state index contributed by atoms with van der Waals surface area (Å²) in [5.74, 6) is 0. The molecule has 4 heterocycles. The molecule has 1 aliphatic heterocycles. The van der Waals surface area contributed by atoms with Crippen molar-refractivity contribution >= 4 is 21.9 Å². The molecule has 1 aliphatic rings. The number of nitrogens with zero attached hydrogens (tertiary/aromatic N) is 2. The molecule has 124 valence electrons. The fourth-order valence-corrected chi connectivity index (χ4v) is 3.86. The molecule has 0 saturated carbocycles. The number of hydrogen-bond donors (Lipinski definition) is 2. The summed E-state index contributed by atoms with van der Waals surface area (Å²) in [7, 11) is 0. The zero-order valence-corrected chi connectivity index (χ0v) is 14.2. The van der Waals surface area contributed by atoms with Gasteiger partial charge in [0.15, 0.2) is 0 Å². The molecule has 0 bridgehead atoms. The van der Waals surface area contributed by atoms with Crippen LogP contribution >= 0.6 is 0 Å². The van der Waals surface area contributed by atoms with E-state index in [-0.39, 0.29) is 0 Å². The second-order valence-electron chi connectivity index (χ2n) is 6.85. The van der Waals surface area contributed by atoms with Gasteiger partial charge in [-0.25, -0.2) is 9.97 Å². The predicted molar refractivity (Wildman–Crippen MR) is 102 cm³/mol. The third kappa shape index (κ3) is 2.41. The van der Waals surface area contributed by atoms with Gasteiger partial charge in [0.05, 0.1) is 11.2 Å². The van der Waals surface area contributed by atoms with Crippen LogP contribution in [0, 0.1) is 6.92 Å². The van der Waals surface area contributed by atoms with E-state index in [9.17, 15) is 0 Å². The number of para-hydroxylation sites is 1. The van der Waals surface area contributed by atoms with E-state index in [1.54, 1.807) is 0 Å². The zero-order chi connectivity index (χ0) is 16.8. The Morgan fingerprint density at radius 3 is 2.92 bits per heavy atom. The van der Waals surface area contributed by atoms with Crippen LogP contribution in [0.1, 0.15) is 30.0 Å². The van der Waals surface area contributed by atoms with Crippen LogP contribution in [0.5, 0.6) is 0 Å². The number of pyridine rings is 2. The predicted octanol–water partition coefficient (Wildman–Crippen LogP) is 4.51. The number of aromatic nitrogens is 3. The van der Waals surface area contributed by atoms with Gasteiger partial charge < -0.3 is 10.3 Å². The van der Waals surface area contributed by atoms with Crippen molar-refractivity contribution in [2.75, 3.05) is 6.54 Å². The van der Waals surface area contributed by atoms with Crippen LogP contribution in [-0.4, -0.2) is 21.5 Å². The summed E-state index contributed by atoms with van der Waals surface area (Å²) in [5.41, 5.74) is 6.61. The fraction of sp³-hybridized carbons (Fsp3) is 0.238. The Kier molecular flexibility index (Phi) is 3.31. The van der Waals surface area contributed by atoms with Crippen molar-refractivity contribution < 1.29 is 0 Å². The molecule has 4 nitrogen and oxygen atoms in total. The number of fused-ring (bicyclic) bond motifs is 2. The highest BCUT2D eigenvalue weighted by molar-refractivity contribution is 5.88. The highest BCUT2D eigenvalue weighted by atomic mass is 14.9. The Morgan fingerprint density at radius 2 is 2.04 bits per heavy atom. The van der Waals surface area contributed by atoms with E-state index < -0.39 is 0 Å². The largest absolute Gasteiger partial charge is 0.346 e. The first kappa shape index (κ1) is 14.6. The molecule has 0 amide bonds. The van der Waals surface area contributed by atoms with Gasteiger partial charge in [-0.05, 0) is 55.6 Å². The molecule has 5 rings (SSSR count). The minimum atomic E-state index is 0.414. The number of rotatable bonds is 2. The third-order valence-corrected chi connectivity index (χ3v) is 5.22. The van der Waals surface area contributed by atoms with E-state index in [2.05, 4.69) is 58.6 Å². The van der Waals surface area contributed by atoms with Crippen LogP contribution in [-0.2, 0) is 0 Å². The smallest absolute Gasteiger partial charge is 0.137 e. The molecular weight excluding hydrogens is 308 g/mol. The highest BCUT2D eigenvalue weighted by Crippen LogP contribution is 2.33. The molecule has 3 aromatic heterocycles. The summed E-state index contributed by atoms with van der Waals surface area (Å²) < 4.78 is 0. The van der Waals surface area contributed by atoms with Gasteiger partial charge in [0.25, 0.3) is 0 Å². The average Bonchev–Trinajstić information content (AvgIpc) is 3.31. The van der Waals surface area contributed by atoms with Gasteiger partial charge in [-0.1, -0.05) is 18.2 Å². The minimum Gasteiger partial charge on any atom is -0.346 e. The maximum absolute atomic E-state index is 4.92. The van der Waals surface area contributed by atoms with E-state index in [0.717, 1.165) is 34.4 Å². The first-order valence-electron chi connectivity index (χ1n) is 8.87. The van der Waals surface area contributed by atoms with Crippen molar-refractivity contribution in [2.24, 2.45) is 0 Å². The van der Waals surface area contributed by atoms with Crippen molar-refractivity contribution in [3.63, 3.8) is 0 Å². The Balaban J connectivity index is 1.73. The number of benzene rings is 1. The number of nitrogens with one attached hydrogen (secondary N) is 2. The maximum Gasteiger partial charge on any atom is 0.137 e. The molecule has 1 saturated heterocycles. The first-order chi connectivity index (χ1) is 12.3. The van der Waals surface area contributed by atoms with E-state index in [4.69, 9.17) is 4.98 Å². The Hall–Kier alpha value is -2.72. The summed E-state index contributed by atoms with van der Waals surface area (Å²) >= 11 is 0. The van der Waals surface area contributed by atoms with Crippen LogP contribution < -0.4 is 5.32 Å². The lowest BCUT2D eigenvalue weighted by Crippen LogP contribution is -2.13. The molecule has 4 heteroatoms. The Morgan fingerprint density at radius 1 is 1.12 bits per heavy atom.